The Kier molecular flexibility index (Phi) is 6.80. The zero-order valence-electron chi connectivity index (χ0n) is 19.3. The van der Waals surface area contributed by atoms with E-state index in [1.165, 1.54) is 16.7 Å². The molecule has 0 spiro atoms. The van der Waals surface area contributed by atoms with Gasteiger partial charge in [-0.15, -0.1) is 0 Å². The summed E-state index contributed by atoms with van der Waals surface area (Å²) in [6.07, 6.45) is 0.651. The summed E-state index contributed by atoms with van der Waals surface area (Å²) < 4.78 is 16.0. The molecule has 1 amide bonds. The van der Waals surface area contributed by atoms with Crippen molar-refractivity contribution in [3.05, 3.63) is 105 Å². The van der Waals surface area contributed by atoms with Gasteiger partial charge in [0.1, 0.15) is 11.6 Å². The lowest BCUT2D eigenvalue weighted by Gasteiger charge is -2.31. The van der Waals surface area contributed by atoms with Gasteiger partial charge in [0.2, 0.25) is 0 Å². The molecule has 0 N–H and O–H groups in total. The normalized spacial score (nSPS) is 12.0. The van der Waals surface area contributed by atoms with Crippen molar-refractivity contribution < 1.29 is 9.18 Å². The number of hydrogen-bond acceptors (Lipinski definition) is 3. The van der Waals surface area contributed by atoms with Gasteiger partial charge in [0.15, 0.2) is 0 Å². The Bertz CT molecular complexity index is 1430. The number of benzene rings is 3. The van der Waals surface area contributed by atoms with Gasteiger partial charge in [0.25, 0.3) is 11.5 Å². The average molecular weight is 478 g/mol. The predicted octanol–water partition coefficient (Wildman–Crippen LogP) is 6.10. The molecule has 0 bridgehead atoms. The van der Waals surface area contributed by atoms with Gasteiger partial charge in [-0.25, -0.2) is 9.37 Å². The molecule has 0 saturated carbocycles. The summed E-state index contributed by atoms with van der Waals surface area (Å²) in [5.41, 5.74) is 1.57. The summed E-state index contributed by atoms with van der Waals surface area (Å²) in [6, 6.07) is 17.7. The van der Waals surface area contributed by atoms with Crippen LogP contribution in [0.4, 0.5) is 4.39 Å². The summed E-state index contributed by atoms with van der Waals surface area (Å²) in [6.45, 7) is 5.95. The Morgan fingerprint density at radius 2 is 1.79 bits per heavy atom. The number of hydrogen-bond donors (Lipinski definition) is 0. The maximum absolute atomic E-state index is 14.5. The van der Waals surface area contributed by atoms with Crippen LogP contribution in [0, 0.1) is 12.7 Å². The van der Waals surface area contributed by atoms with Crippen molar-refractivity contribution in [2.24, 2.45) is 0 Å². The first kappa shape index (κ1) is 23.6. The van der Waals surface area contributed by atoms with Crippen molar-refractivity contribution in [3.63, 3.8) is 0 Å². The van der Waals surface area contributed by atoms with Crippen LogP contribution in [0.1, 0.15) is 48.1 Å². The SMILES string of the molecule is CCCN(C(=O)c1ccccc1F)C(C)c1nc2ccccc2c(=O)n1-c1cccc(Cl)c1C. The molecule has 0 saturated heterocycles. The average Bonchev–Trinajstić information content (AvgIpc) is 2.84. The van der Waals surface area contributed by atoms with Gasteiger partial charge in [-0.2, -0.15) is 0 Å². The predicted molar refractivity (Wildman–Crippen MR) is 133 cm³/mol. The fraction of sp³-hybridized carbons (Fsp3) is 0.222. The fourth-order valence-corrected chi connectivity index (χ4v) is 4.31. The van der Waals surface area contributed by atoms with Gasteiger partial charge in [-0.3, -0.25) is 14.2 Å². The molecular formula is C27H25ClFN3O2. The Morgan fingerprint density at radius 3 is 2.53 bits per heavy atom. The highest BCUT2D eigenvalue weighted by atomic mass is 35.5. The maximum Gasteiger partial charge on any atom is 0.266 e. The standard InChI is InChI=1S/C27H25ClFN3O2/c1-4-16-31(26(33)19-10-5-7-13-22(19)29)18(3)25-30-23-14-8-6-11-20(23)27(34)32(25)24-15-9-12-21(28)17(24)2/h5-15,18H,4,16H2,1-3H3. The highest BCUT2D eigenvalue weighted by molar-refractivity contribution is 6.31. The zero-order chi connectivity index (χ0) is 24.4. The number of fused-ring (bicyclic) bond motifs is 1. The number of halogens is 2. The van der Waals surface area contributed by atoms with E-state index in [2.05, 4.69) is 0 Å². The molecule has 1 atom stereocenters. The van der Waals surface area contributed by atoms with Gasteiger partial charge in [-0.05, 0) is 62.2 Å². The third kappa shape index (κ3) is 4.21. The van der Waals surface area contributed by atoms with E-state index in [4.69, 9.17) is 16.6 Å². The van der Waals surface area contributed by atoms with E-state index in [0.29, 0.717) is 40.4 Å². The molecule has 0 aliphatic heterocycles. The van der Waals surface area contributed by atoms with E-state index >= 15 is 0 Å². The molecule has 34 heavy (non-hydrogen) atoms. The maximum atomic E-state index is 14.5. The first-order valence-electron chi connectivity index (χ1n) is 11.2. The van der Waals surface area contributed by atoms with E-state index < -0.39 is 17.8 Å². The van der Waals surface area contributed by atoms with Crippen LogP contribution in [0.3, 0.4) is 0 Å². The van der Waals surface area contributed by atoms with Gasteiger partial charge in [0.05, 0.1) is 28.2 Å². The first-order valence-corrected chi connectivity index (χ1v) is 11.6. The minimum Gasteiger partial charge on any atom is -0.329 e. The lowest BCUT2D eigenvalue weighted by Crippen LogP contribution is -2.38. The van der Waals surface area contributed by atoms with Gasteiger partial charge in [0, 0.05) is 11.6 Å². The van der Waals surface area contributed by atoms with Crippen LogP contribution in [-0.4, -0.2) is 26.9 Å². The molecule has 5 nitrogen and oxygen atoms in total. The van der Waals surface area contributed by atoms with Crippen LogP contribution in [0.25, 0.3) is 16.6 Å². The number of nitrogens with zero attached hydrogens (tertiary/aromatic N) is 3. The minimum absolute atomic E-state index is 0.0172. The molecule has 1 unspecified atom stereocenters. The van der Waals surface area contributed by atoms with E-state index in [1.807, 2.05) is 19.9 Å². The first-order chi connectivity index (χ1) is 16.3. The zero-order valence-corrected chi connectivity index (χ0v) is 20.0. The summed E-state index contributed by atoms with van der Waals surface area (Å²) in [7, 11) is 0. The van der Waals surface area contributed by atoms with Gasteiger partial charge in [-0.1, -0.05) is 48.9 Å². The minimum atomic E-state index is -0.622. The number of para-hydroxylation sites is 1. The molecule has 0 fully saturated rings. The van der Waals surface area contributed by atoms with E-state index in [0.717, 1.165) is 5.56 Å². The van der Waals surface area contributed by atoms with Crippen molar-refractivity contribution in [2.75, 3.05) is 6.54 Å². The number of aromatic nitrogens is 2. The number of rotatable bonds is 6. The lowest BCUT2D eigenvalue weighted by atomic mass is 10.1. The molecule has 1 heterocycles. The van der Waals surface area contributed by atoms with Crippen LogP contribution >= 0.6 is 11.6 Å². The van der Waals surface area contributed by atoms with Crippen LogP contribution in [0.2, 0.25) is 5.02 Å². The van der Waals surface area contributed by atoms with Crippen LogP contribution in [0.15, 0.2) is 71.5 Å². The molecule has 0 aliphatic rings. The highest BCUT2D eigenvalue weighted by Crippen LogP contribution is 2.28. The number of amides is 1. The Morgan fingerprint density at radius 1 is 1.09 bits per heavy atom. The smallest absolute Gasteiger partial charge is 0.266 e. The number of carbonyl (C=O) groups is 1. The van der Waals surface area contributed by atoms with Crippen LogP contribution < -0.4 is 5.56 Å². The summed E-state index contributed by atoms with van der Waals surface area (Å²) in [4.78, 5) is 33.5. The third-order valence-corrected chi connectivity index (χ3v) is 6.36. The Hall–Kier alpha value is -3.51. The van der Waals surface area contributed by atoms with E-state index in [-0.39, 0.29) is 11.1 Å². The van der Waals surface area contributed by atoms with Gasteiger partial charge >= 0.3 is 0 Å². The second-order valence-corrected chi connectivity index (χ2v) is 8.57. The second kappa shape index (κ2) is 9.77. The largest absolute Gasteiger partial charge is 0.329 e. The van der Waals surface area contributed by atoms with Crippen molar-refractivity contribution in [1.82, 2.24) is 14.5 Å². The van der Waals surface area contributed by atoms with Crippen molar-refractivity contribution in [2.45, 2.75) is 33.2 Å². The molecule has 174 valence electrons. The number of carbonyl (C=O) groups excluding carboxylic acids is 1. The summed E-state index contributed by atoms with van der Waals surface area (Å²) in [5.74, 6) is -0.660. The van der Waals surface area contributed by atoms with Crippen molar-refractivity contribution in [3.8, 4) is 5.69 Å². The molecule has 0 radical (unpaired) electrons. The van der Waals surface area contributed by atoms with Crippen molar-refractivity contribution >= 4 is 28.4 Å². The van der Waals surface area contributed by atoms with Crippen molar-refractivity contribution in [1.29, 1.82) is 0 Å². The van der Waals surface area contributed by atoms with Crippen LogP contribution in [-0.2, 0) is 0 Å². The fourth-order valence-electron chi connectivity index (χ4n) is 4.14. The Labute approximate surface area is 202 Å². The Balaban J connectivity index is 1.96. The topological polar surface area (TPSA) is 55.2 Å². The summed E-state index contributed by atoms with van der Waals surface area (Å²) in [5, 5.41) is 0.976. The molecule has 3 aromatic carbocycles. The van der Waals surface area contributed by atoms with E-state index in [9.17, 15) is 14.0 Å². The second-order valence-electron chi connectivity index (χ2n) is 8.17. The molecule has 4 rings (SSSR count). The molecule has 0 aliphatic carbocycles. The molecule has 1 aromatic heterocycles. The summed E-state index contributed by atoms with van der Waals surface area (Å²) >= 11 is 6.38. The molecular weight excluding hydrogens is 453 g/mol. The highest BCUT2D eigenvalue weighted by Gasteiger charge is 2.28. The van der Waals surface area contributed by atoms with Crippen LogP contribution in [0.5, 0.6) is 0 Å². The molecule has 4 aromatic rings. The lowest BCUT2D eigenvalue weighted by molar-refractivity contribution is 0.0676. The monoisotopic (exact) mass is 477 g/mol. The third-order valence-electron chi connectivity index (χ3n) is 5.95. The molecule has 7 heteroatoms. The van der Waals surface area contributed by atoms with Gasteiger partial charge < -0.3 is 4.90 Å². The quantitative estimate of drug-likeness (QED) is 0.337. The van der Waals surface area contributed by atoms with E-state index in [1.54, 1.807) is 60.4 Å².